The van der Waals surface area contributed by atoms with Crippen molar-refractivity contribution in [2.45, 2.75) is 25.0 Å². The van der Waals surface area contributed by atoms with E-state index in [1.807, 2.05) is 61.5 Å². The second kappa shape index (κ2) is 10.9. The minimum absolute atomic E-state index is 0.349. The molecule has 2 aliphatic rings. The van der Waals surface area contributed by atoms with E-state index in [1.165, 1.54) is 0 Å². The van der Waals surface area contributed by atoms with Crippen LogP contribution in [-0.2, 0) is 23.2 Å². The van der Waals surface area contributed by atoms with E-state index in [-0.39, 0.29) is 0 Å². The number of aryl methyl sites for hydroxylation is 1. The fraction of sp³-hybridized carbons (Fsp3) is 0.276. The molecule has 0 N–H and O–H groups in total. The summed E-state index contributed by atoms with van der Waals surface area (Å²) in [7, 11) is -1.84. The van der Waals surface area contributed by atoms with E-state index in [2.05, 4.69) is 16.0 Å². The molecule has 3 aromatic rings. The van der Waals surface area contributed by atoms with E-state index in [4.69, 9.17) is 9.47 Å². The van der Waals surface area contributed by atoms with E-state index in [1.54, 1.807) is 29.8 Å². The van der Waals surface area contributed by atoms with Gasteiger partial charge in [0.25, 0.3) is 0 Å². The summed E-state index contributed by atoms with van der Waals surface area (Å²) >= 11 is 0. The second-order valence-corrected chi connectivity index (χ2v) is 11.2. The highest BCUT2D eigenvalue weighted by molar-refractivity contribution is 7.89. The first-order chi connectivity index (χ1) is 17.9. The summed E-state index contributed by atoms with van der Waals surface area (Å²) in [5, 5.41) is 0. The Morgan fingerprint density at radius 2 is 1.70 bits per heavy atom. The zero-order valence-electron chi connectivity index (χ0n) is 21.1. The standard InChI is InChI=1S/C29H31N3O4S/c1-22-6-9-27(10-7-22)37(33,34)32-16-14-31(15-17-32)20-25-19-24(28-12-13-30-28)8-11-29(25)36-21-23-4-3-5-26(18-23)35-2/h3-13,18-19H,14-17,20-21H2,1-2H3. The number of ether oxygens (including phenoxy) is 2. The third kappa shape index (κ3) is 5.77. The highest BCUT2D eigenvalue weighted by atomic mass is 32.2. The Labute approximate surface area is 218 Å². The highest BCUT2D eigenvalue weighted by Gasteiger charge is 2.28. The van der Waals surface area contributed by atoms with Gasteiger partial charge in [0.15, 0.2) is 0 Å². The number of piperazine rings is 1. The van der Waals surface area contributed by atoms with E-state index >= 15 is 0 Å². The first kappa shape index (κ1) is 25.2. The van der Waals surface area contributed by atoms with Crippen LogP contribution in [0.5, 0.6) is 11.5 Å². The van der Waals surface area contributed by atoms with Crippen LogP contribution in [0.1, 0.15) is 22.3 Å². The van der Waals surface area contributed by atoms with Crippen LogP contribution >= 0.6 is 0 Å². The minimum atomic E-state index is -3.49. The van der Waals surface area contributed by atoms with Crippen molar-refractivity contribution in [1.29, 1.82) is 0 Å². The number of sulfonamides is 1. The van der Waals surface area contributed by atoms with E-state index in [0.717, 1.165) is 39.4 Å². The molecule has 5 rings (SSSR count). The molecule has 0 bridgehead atoms. The lowest BCUT2D eigenvalue weighted by Crippen LogP contribution is -2.48. The normalized spacial score (nSPS) is 16.2. The molecule has 3 aromatic carbocycles. The molecule has 0 aliphatic carbocycles. The fourth-order valence-electron chi connectivity index (χ4n) is 4.47. The van der Waals surface area contributed by atoms with Gasteiger partial charge in [-0.1, -0.05) is 29.8 Å². The lowest BCUT2D eigenvalue weighted by Gasteiger charge is -2.34. The monoisotopic (exact) mass is 517 g/mol. The van der Waals surface area contributed by atoms with Crippen molar-refractivity contribution in [2.75, 3.05) is 33.3 Å². The molecule has 0 radical (unpaired) electrons. The number of hydrogen-bond acceptors (Lipinski definition) is 6. The van der Waals surface area contributed by atoms with Crippen LogP contribution in [0.15, 0.2) is 82.7 Å². The first-order valence-corrected chi connectivity index (χ1v) is 13.8. The maximum Gasteiger partial charge on any atom is 0.243 e. The van der Waals surface area contributed by atoms with Crippen LogP contribution in [0.25, 0.3) is 5.70 Å². The van der Waals surface area contributed by atoms with Gasteiger partial charge in [-0.2, -0.15) is 4.31 Å². The van der Waals surface area contributed by atoms with Gasteiger partial charge in [0.1, 0.15) is 18.1 Å². The summed E-state index contributed by atoms with van der Waals surface area (Å²) in [6.45, 7) is 5.23. The molecule has 1 fully saturated rings. The number of allylic oxidation sites excluding steroid dienone is 1. The Balaban J connectivity index is 1.28. The molecule has 0 amide bonds. The predicted molar refractivity (Wildman–Crippen MR) is 145 cm³/mol. The average Bonchev–Trinajstić information content (AvgIpc) is 2.88. The maximum absolute atomic E-state index is 13.1. The van der Waals surface area contributed by atoms with E-state index in [0.29, 0.717) is 44.2 Å². The van der Waals surface area contributed by atoms with Gasteiger partial charge in [-0.15, -0.1) is 0 Å². The Kier molecular flexibility index (Phi) is 7.41. The summed E-state index contributed by atoms with van der Waals surface area (Å²) in [6.07, 6.45) is 3.78. The molecule has 0 atom stereocenters. The van der Waals surface area contributed by atoms with E-state index in [9.17, 15) is 8.42 Å². The highest BCUT2D eigenvalue weighted by Crippen LogP contribution is 2.29. The zero-order chi connectivity index (χ0) is 25.8. The van der Waals surface area contributed by atoms with Gasteiger partial charge in [-0.05, 0) is 61.0 Å². The molecular weight excluding hydrogens is 486 g/mol. The summed E-state index contributed by atoms with van der Waals surface area (Å²) in [6, 6.07) is 21.0. The summed E-state index contributed by atoms with van der Waals surface area (Å²) in [5.74, 6) is 1.61. The summed E-state index contributed by atoms with van der Waals surface area (Å²) < 4.78 is 39.4. The number of hydrogen-bond donors (Lipinski definition) is 0. The summed E-state index contributed by atoms with van der Waals surface area (Å²) in [4.78, 5) is 6.96. The molecule has 0 saturated carbocycles. The molecule has 1 saturated heterocycles. The van der Waals surface area contributed by atoms with Crippen molar-refractivity contribution in [2.24, 2.45) is 4.99 Å². The van der Waals surface area contributed by atoms with Crippen molar-refractivity contribution in [3.8, 4) is 11.5 Å². The largest absolute Gasteiger partial charge is 0.497 e. The van der Waals surface area contributed by atoms with E-state index < -0.39 is 10.0 Å². The summed E-state index contributed by atoms with van der Waals surface area (Å²) in [5.41, 5.74) is 5.12. The zero-order valence-corrected chi connectivity index (χ0v) is 21.9. The Hall–Kier alpha value is -3.46. The lowest BCUT2D eigenvalue weighted by molar-refractivity contribution is 0.178. The van der Waals surface area contributed by atoms with Crippen molar-refractivity contribution in [3.05, 3.63) is 95.1 Å². The number of rotatable bonds is 9. The van der Waals surface area contributed by atoms with Crippen LogP contribution < -0.4 is 9.47 Å². The van der Waals surface area contributed by atoms with Crippen molar-refractivity contribution in [3.63, 3.8) is 0 Å². The van der Waals surface area contributed by atoms with Gasteiger partial charge >= 0.3 is 0 Å². The van der Waals surface area contributed by atoms with Crippen LogP contribution in [0.3, 0.4) is 0 Å². The van der Waals surface area contributed by atoms with Crippen LogP contribution in [0, 0.1) is 6.92 Å². The smallest absolute Gasteiger partial charge is 0.243 e. The van der Waals surface area contributed by atoms with Crippen LogP contribution in [0.4, 0.5) is 0 Å². The van der Waals surface area contributed by atoms with Crippen molar-refractivity contribution < 1.29 is 17.9 Å². The van der Waals surface area contributed by atoms with Gasteiger partial charge in [0.2, 0.25) is 10.0 Å². The number of aliphatic imine (C=N–C) groups is 1. The van der Waals surface area contributed by atoms with Gasteiger partial charge in [0.05, 0.1) is 17.7 Å². The third-order valence-corrected chi connectivity index (χ3v) is 8.63. The van der Waals surface area contributed by atoms with Gasteiger partial charge in [-0.3, -0.25) is 9.89 Å². The molecule has 7 nitrogen and oxygen atoms in total. The lowest BCUT2D eigenvalue weighted by atomic mass is 10.0. The maximum atomic E-state index is 13.1. The second-order valence-electron chi connectivity index (χ2n) is 9.29. The van der Waals surface area contributed by atoms with Crippen LogP contribution in [0.2, 0.25) is 0 Å². The third-order valence-electron chi connectivity index (χ3n) is 6.71. The van der Waals surface area contributed by atoms with Gasteiger partial charge < -0.3 is 9.47 Å². The quantitative estimate of drug-likeness (QED) is 0.418. The minimum Gasteiger partial charge on any atom is -0.497 e. The first-order valence-electron chi connectivity index (χ1n) is 12.3. The molecule has 37 heavy (non-hydrogen) atoms. The average molecular weight is 518 g/mol. The molecule has 0 unspecified atom stereocenters. The van der Waals surface area contributed by atoms with Crippen molar-refractivity contribution >= 4 is 21.9 Å². The number of benzene rings is 3. The molecule has 8 heteroatoms. The molecular formula is C29H31N3O4S. The SMILES string of the molecule is COc1cccc(COc2ccc(C3=CC=N3)cc2CN2CCN(S(=O)(=O)c3ccc(C)cc3)CC2)c1. The topological polar surface area (TPSA) is 71.4 Å². The molecule has 0 spiro atoms. The molecule has 192 valence electrons. The number of methoxy groups -OCH3 is 1. The Morgan fingerprint density at radius 1 is 0.946 bits per heavy atom. The Bertz CT molecular complexity index is 1420. The van der Waals surface area contributed by atoms with Gasteiger partial charge in [-0.25, -0.2) is 8.42 Å². The molecule has 2 aliphatic heterocycles. The van der Waals surface area contributed by atoms with Gasteiger partial charge in [0, 0.05) is 50.1 Å². The fourth-order valence-corrected chi connectivity index (χ4v) is 5.90. The molecule has 0 aromatic heterocycles. The Morgan fingerprint density at radius 3 is 2.38 bits per heavy atom. The molecule has 2 heterocycles. The van der Waals surface area contributed by atoms with Crippen molar-refractivity contribution in [1.82, 2.24) is 9.21 Å². The predicted octanol–water partition coefficient (Wildman–Crippen LogP) is 4.51. The van der Waals surface area contributed by atoms with Crippen LogP contribution in [-0.4, -0.2) is 57.1 Å². The number of nitrogens with zero attached hydrogens (tertiary/aromatic N) is 3.